The molecule has 1 aromatic carbocycles. The molecular formula is C26H36O3. The van der Waals surface area contributed by atoms with Gasteiger partial charge >= 0.3 is 5.97 Å². The lowest BCUT2D eigenvalue weighted by Gasteiger charge is -2.60. The summed E-state index contributed by atoms with van der Waals surface area (Å²) >= 11 is 0. The van der Waals surface area contributed by atoms with E-state index in [1.54, 1.807) is 0 Å². The van der Waals surface area contributed by atoms with Crippen LogP contribution in [0, 0.1) is 34.5 Å². The molecule has 0 saturated heterocycles. The summed E-state index contributed by atoms with van der Waals surface area (Å²) in [7, 11) is 0. The van der Waals surface area contributed by atoms with Crippen molar-refractivity contribution in [3.8, 4) is 0 Å². The second kappa shape index (κ2) is 7.11. The van der Waals surface area contributed by atoms with Gasteiger partial charge in [0.1, 0.15) is 6.10 Å². The van der Waals surface area contributed by atoms with Crippen LogP contribution in [0.3, 0.4) is 0 Å². The molecule has 4 fully saturated rings. The number of carbonyl (C=O) groups is 1. The van der Waals surface area contributed by atoms with Crippen molar-refractivity contribution in [2.24, 2.45) is 34.5 Å². The Morgan fingerprint density at radius 2 is 1.66 bits per heavy atom. The highest BCUT2D eigenvalue weighted by atomic mass is 16.5. The van der Waals surface area contributed by atoms with Crippen LogP contribution in [-0.4, -0.2) is 23.3 Å². The molecule has 0 bridgehead atoms. The van der Waals surface area contributed by atoms with Crippen LogP contribution in [0.1, 0.15) is 82.0 Å². The van der Waals surface area contributed by atoms with Crippen molar-refractivity contribution in [2.45, 2.75) is 83.8 Å². The fourth-order valence-electron chi connectivity index (χ4n) is 8.15. The van der Waals surface area contributed by atoms with Crippen LogP contribution < -0.4 is 0 Å². The smallest absolute Gasteiger partial charge is 0.338 e. The van der Waals surface area contributed by atoms with Crippen molar-refractivity contribution in [1.29, 1.82) is 0 Å². The minimum absolute atomic E-state index is 0.0554. The van der Waals surface area contributed by atoms with Crippen LogP contribution >= 0.6 is 0 Å². The molecule has 3 nitrogen and oxygen atoms in total. The predicted molar refractivity (Wildman–Crippen MR) is 113 cm³/mol. The second-order valence-corrected chi connectivity index (χ2v) is 11.0. The van der Waals surface area contributed by atoms with Crippen molar-refractivity contribution in [1.82, 2.24) is 0 Å². The van der Waals surface area contributed by atoms with Gasteiger partial charge in [-0.15, -0.1) is 0 Å². The Kier molecular flexibility index (Phi) is 4.81. The average molecular weight is 397 g/mol. The third kappa shape index (κ3) is 3.07. The summed E-state index contributed by atoms with van der Waals surface area (Å²) in [5.41, 5.74) is 1.20. The van der Waals surface area contributed by atoms with E-state index in [0.29, 0.717) is 22.8 Å². The minimum Gasteiger partial charge on any atom is -0.458 e. The predicted octanol–water partition coefficient (Wildman–Crippen LogP) is 5.62. The summed E-state index contributed by atoms with van der Waals surface area (Å²) in [6.07, 6.45) is 10.4. The number of ether oxygens (including phenoxy) is 1. The number of hydrogen-bond acceptors (Lipinski definition) is 3. The molecule has 0 aromatic heterocycles. The molecule has 1 aromatic rings. The van der Waals surface area contributed by atoms with E-state index >= 15 is 0 Å². The first-order valence-electron chi connectivity index (χ1n) is 11.9. The Morgan fingerprint density at radius 3 is 2.45 bits per heavy atom. The van der Waals surface area contributed by atoms with Crippen molar-refractivity contribution >= 4 is 5.97 Å². The summed E-state index contributed by atoms with van der Waals surface area (Å²) in [5.74, 6) is 2.78. The van der Waals surface area contributed by atoms with Gasteiger partial charge < -0.3 is 9.84 Å². The Hall–Kier alpha value is -1.35. The van der Waals surface area contributed by atoms with Gasteiger partial charge in [0.25, 0.3) is 0 Å². The maximum atomic E-state index is 12.7. The van der Waals surface area contributed by atoms with E-state index < -0.39 is 0 Å². The third-order valence-corrected chi connectivity index (χ3v) is 9.81. The quantitative estimate of drug-likeness (QED) is 0.660. The van der Waals surface area contributed by atoms with E-state index in [9.17, 15) is 9.90 Å². The number of carbonyl (C=O) groups excluding carboxylic acids is 1. The van der Waals surface area contributed by atoms with Crippen LogP contribution in [0.15, 0.2) is 30.3 Å². The number of hydrogen-bond donors (Lipinski definition) is 1. The van der Waals surface area contributed by atoms with Gasteiger partial charge in [-0.25, -0.2) is 4.79 Å². The zero-order valence-corrected chi connectivity index (χ0v) is 18.0. The van der Waals surface area contributed by atoms with Gasteiger partial charge in [-0.05, 0) is 99.0 Å². The molecule has 0 amide bonds. The lowest BCUT2D eigenvalue weighted by atomic mass is 9.45. The summed E-state index contributed by atoms with van der Waals surface area (Å²) in [4.78, 5) is 12.7. The Morgan fingerprint density at radius 1 is 0.931 bits per heavy atom. The lowest BCUT2D eigenvalue weighted by Crippen LogP contribution is -2.54. The Balaban J connectivity index is 1.34. The third-order valence-electron chi connectivity index (χ3n) is 9.81. The molecule has 29 heavy (non-hydrogen) atoms. The van der Waals surface area contributed by atoms with E-state index in [1.165, 1.54) is 38.5 Å². The Labute approximate surface area is 175 Å². The first-order chi connectivity index (χ1) is 13.9. The zero-order chi connectivity index (χ0) is 20.2. The van der Waals surface area contributed by atoms with Gasteiger partial charge in [0.2, 0.25) is 0 Å². The fraction of sp³-hybridized carbons (Fsp3) is 0.731. The van der Waals surface area contributed by atoms with E-state index in [1.807, 2.05) is 30.3 Å². The van der Waals surface area contributed by atoms with Crippen LogP contribution in [0.25, 0.3) is 0 Å². The average Bonchev–Trinajstić information content (AvgIpc) is 3.05. The van der Waals surface area contributed by atoms with Gasteiger partial charge in [-0.3, -0.25) is 0 Å². The molecule has 4 aliphatic rings. The molecule has 3 heteroatoms. The fourth-order valence-corrected chi connectivity index (χ4v) is 8.15. The lowest BCUT2D eigenvalue weighted by molar-refractivity contribution is -0.134. The topological polar surface area (TPSA) is 46.5 Å². The number of aliphatic hydroxyl groups excluding tert-OH is 1. The molecule has 158 valence electrons. The van der Waals surface area contributed by atoms with E-state index in [2.05, 4.69) is 13.8 Å². The van der Waals surface area contributed by atoms with Gasteiger partial charge in [0, 0.05) is 5.41 Å². The van der Waals surface area contributed by atoms with Crippen molar-refractivity contribution in [3.63, 3.8) is 0 Å². The summed E-state index contributed by atoms with van der Waals surface area (Å²) in [6, 6.07) is 9.45. The van der Waals surface area contributed by atoms with Crippen LogP contribution in [-0.2, 0) is 4.74 Å². The number of aliphatic hydroxyl groups is 1. The van der Waals surface area contributed by atoms with E-state index in [0.717, 1.165) is 31.1 Å². The van der Waals surface area contributed by atoms with Crippen molar-refractivity contribution in [3.05, 3.63) is 35.9 Å². The summed E-state index contributed by atoms with van der Waals surface area (Å²) < 4.78 is 6.12. The minimum atomic E-state index is -0.156. The number of fused-ring (bicyclic) bond motifs is 5. The normalized spacial score (nSPS) is 46.3. The highest BCUT2D eigenvalue weighted by Gasteiger charge is 2.61. The van der Waals surface area contributed by atoms with Gasteiger partial charge in [0.05, 0.1) is 11.7 Å². The maximum Gasteiger partial charge on any atom is 0.338 e. The number of rotatable bonds is 2. The Bertz CT molecular complexity index is 760. The molecule has 1 N–H and O–H groups in total. The number of esters is 1. The molecule has 0 heterocycles. The van der Waals surface area contributed by atoms with Crippen LogP contribution in [0.5, 0.6) is 0 Å². The largest absolute Gasteiger partial charge is 0.458 e. The van der Waals surface area contributed by atoms with Gasteiger partial charge in [-0.1, -0.05) is 32.0 Å². The summed E-state index contributed by atoms with van der Waals surface area (Å²) in [6.45, 7) is 4.94. The number of benzene rings is 1. The monoisotopic (exact) mass is 396 g/mol. The van der Waals surface area contributed by atoms with Gasteiger partial charge in [0.15, 0.2) is 0 Å². The SMILES string of the molecule is C[C@]12CC[C@@H](O)C[C@@H]1CC[C@@H]1[C@@H]2CC[C@]2(C)[C@H](OC(=O)c3ccccc3)CC[C@@H]12. The molecular weight excluding hydrogens is 360 g/mol. The molecule has 5 rings (SSSR count). The molecule has 0 unspecified atom stereocenters. The first kappa shape index (κ1) is 19.6. The van der Waals surface area contributed by atoms with Crippen molar-refractivity contribution < 1.29 is 14.6 Å². The molecule has 8 atom stereocenters. The van der Waals surface area contributed by atoms with Gasteiger partial charge in [-0.2, -0.15) is 0 Å². The first-order valence-corrected chi connectivity index (χ1v) is 11.9. The molecule has 4 saturated carbocycles. The van der Waals surface area contributed by atoms with Crippen molar-refractivity contribution in [2.75, 3.05) is 0 Å². The zero-order valence-electron chi connectivity index (χ0n) is 18.0. The van der Waals surface area contributed by atoms with Crippen LogP contribution in [0.2, 0.25) is 0 Å². The van der Waals surface area contributed by atoms with E-state index in [4.69, 9.17) is 4.74 Å². The molecule has 4 aliphatic carbocycles. The highest BCUT2D eigenvalue weighted by Crippen LogP contribution is 2.66. The van der Waals surface area contributed by atoms with Crippen LogP contribution in [0.4, 0.5) is 0 Å². The maximum absolute atomic E-state index is 12.7. The standard InChI is InChI=1S/C26H36O3/c1-25-14-12-19(27)16-18(25)8-9-20-21-10-11-23(26(21,2)15-13-22(20)25)29-24(28)17-6-4-3-5-7-17/h3-7,18-23,27H,8-16H2,1-2H3/t18-,19+,20-,21-,22-,23+,25-,26-/m0/s1. The highest BCUT2D eigenvalue weighted by molar-refractivity contribution is 5.89. The molecule has 0 spiro atoms. The molecule has 0 radical (unpaired) electrons. The van der Waals surface area contributed by atoms with E-state index in [-0.39, 0.29) is 23.6 Å². The summed E-state index contributed by atoms with van der Waals surface area (Å²) in [5, 5.41) is 10.2. The molecule has 0 aliphatic heterocycles. The second-order valence-electron chi connectivity index (χ2n) is 11.0.